The van der Waals surface area contributed by atoms with E-state index in [0.29, 0.717) is 24.7 Å². The van der Waals surface area contributed by atoms with Gasteiger partial charge < -0.3 is 19.7 Å². The Balaban J connectivity index is 2.30. The van der Waals surface area contributed by atoms with Gasteiger partial charge in [-0.05, 0) is 0 Å². The SMILES string of the molecule is COCC(NCCc1noc(C)n1)C(=O)O. The van der Waals surface area contributed by atoms with E-state index in [1.54, 1.807) is 6.92 Å². The van der Waals surface area contributed by atoms with Crippen molar-refractivity contribution in [2.24, 2.45) is 0 Å². The molecule has 2 N–H and O–H groups in total. The molecule has 7 nitrogen and oxygen atoms in total. The summed E-state index contributed by atoms with van der Waals surface area (Å²) in [6, 6.07) is -0.710. The molecule has 1 rings (SSSR count). The third-order valence-corrected chi connectivity index (χ3v) is 1.94. The van der Waals surface area contributed by atoms with Crippen LogP contribution in [0, 0.1) is 6.92 Å². The number of aryl methyl sites for hydroxylation is 1. The summed E-state index contributed by atoms with van der Waals surface area (Å²) in [5.74, 6) is 0.124. The van der Waals surface area contributed by atoms with E-state index in [2.05, 4.69) is 15.5 Å². The Kier molecular flexibility index (Phi) is 4.87. The number of carboxylic acid groups (broad SMARTS) is 1. The lowest BCUT2D eigenvalue weighted by molar-refractivity contribution is -0.140. The average molecular weight is 229 g/mol. The maximum absolute atomic E-state index is 10.7. The summed E-state index contributed by atoms with van der Waals surface area (Å²) >= 11 is 0. The molecule has 0 saturated carbocycles. The Morgan fingerprint density at radius 1 is 1.69 bits per heavy atom. The Morgan fingerprint density at radius 2 is 2.44 bits per heavy atom. The van der Waals surface area contributed by atoms with Crippen LogP contribution >= 0.6 is 0 Å². The van der Waals surface area contributed by atoms with Crippen molar-refractivity contribution in [2.45, 2.75) is 19.4 Å². The normalized spacial score (nSPS) is 12.6. The van der Waals surface area contributed by atoms with Crippen LogP contribution in [0.4, 0.5) is 0 Å². The van der Waals surface area contributed by atoms with Crippen LogP contribution in [0.3, 0.4) is 0 Å². The smallest absolute Gasteiger partial charge is 0.323 e. The zero-order valence-electron chi connectivity index (χ0n) is 9.27. The fourth-order valence-corrected chi connectivity index (χ4v) is 1.19. The molecule has 0 bridgehead atoms. The lowest BCUT2D eigenvalue weighted by atomic mass is 10.3. The second kappa shape index (κ2) is 6.19. The molecular weight excluding hydrogens is 214 g/mol. The van der Waals surface area contributed by atoms with Gasteiger partial charge in [0.2, 0.25) is 5.89 Å². The summed E-state index contributed by atoms with van der Waals surface area (Å²) in [7, 11) is 1.46. The van der Waals surface area contributed by atoms with E-state index in [-0.39, 0.29) is 6.61 Å². The monoisotopic (exact) mass is 229 g/mol. The molecule has 0 saturated heterocycles. The summed E-state index contributed by atoms with van der Waals surface area (Å²) in [5.41, 5.74) is 0. The molecule has 0 aliphatic heterocycles. The molecule has 0 spiro atoms. The molecule has 7 heteroatoms. The fraction of sp³-hybridized carbons (Fsp3) is 0.667. The first-order valence-corrected chi connectivity index (χ1v) is 4.87. The quantitative estimate of drug-likeness (QED) is 0.657. The predicted octanol–water partition coefficient (Wildman–Crippen LogP) is -0.390. The molecule has 1 aromatic rings. The molecule has 1 unspecified atom stereocenters. The highest BCUT2D eigenvalue weighted by Crippen LogP contribution is 1.95. The summed E-state index contributed by atoms with van der Waals surface area (Å²) in [6.07, 6.45) is 0.519. The van der Waals surface area contributed by atoms with Crippen LogP contribution in [-0.2, 0) is 16.0 Å². The molecule has 0 fully saturated rings. The zero-order valence-corrected chi connectivity index (χ0v) is 9.27. The fourth-order valence-electron chi connectivity index (χ4n) is 1.19. The van der Waals surface area contributed by atoms with Gasteiger partial charge in [-0.3, -0.25) is 4.79 Å². The van der Waals surface area contributed by atoms with Crippen molar-refractivity contribution in [3.05, 3.63) is 11.7 Å². The maximum Gasteiger partial charge on any atom is 0.323 e. The summed E-state index contributed by atoms with van der Waals surface area (Å²) in [5, 5.41) is 15.3. The van der Waals surface area contributed by atoms with Crippen molar-refractivity contribution >= 4 is 5.97 Å². The highest BCUT2D eigenvalue weighted by atomic mass is 16.5. The lowest BCUT2D eigenvalue weighted by Crippen LogP contribution is -2.41. The van der Waals surface area contributed by atoms with Crippen molar-refractivity contribution < 1.29 is 19.2 Å². The van der Waals surface area contributed by atoms with Crippen LogP contribution < -0.4 is 5.32 Å². The van der Waals surface area contributed by atoms with Gasteiger partial charge >= 0.3 is 5.97 Å². The third-order valence-electron chi connectivity index (χ3n) is 1.94. The van der Waals surface area contributed by atoms with Crippen LogP contribution in [-0.4, -0.2) is 47.5 Å². The number of hydrogen-bond donors (Lipinski definition) is 2. The predicted molar refractivity (Wildman–Crippen MR) is 54.0 cm³/mol. The topological polar surface area (TPSA) is 97.5 Å². The summed E-state index contributed by atoms with van der Waals surface area (Å²) in [6.45, 7) is 2.29. The van der Waals surface area contributed by atoms with Gasteiger partial charge in [-0.15, -0.1) is 0 Å². The first-order chi connectivity index (χ1) is 7.63. The minimum absolute atomic E-state index is 0.126. The van der Waals surface area contributed by atoms with E-state index >= 15 is 0 Å². The molecule has 0 aliphatic carbocycles. The van der Waals surface area contributed by atoms with Gasteiger partial charge in [-0.2, -0.15) is 4.98 Å². The number of aromatic nitrogens is 2. The molecule has 1 heterocycles. The van der Waals surface area contributed by atoms with E-state index in [1.807, 2.05) is 0 Å². The van der Waals surface area contributed by atoms with E-state index in [9.17, 15) is 4.79 Å². The standard InChI is InChI=1S/C9H15N3O4/c1-6-11-8(12-16-6)3-4-10-7(5-15-2)9(13)14/h7,10H,3-5H2,1-2H3,(H,13,14). The molecule has 1 atom stereocenters. The van der Waals surface area contributed by atoms with Gasteiger partial charge in [0.05, 0.1) is 6.61 Å². The Hall–Kier alpha value is -1.47. The van der Waals surface area contributed by atoms with E-state index in [1.165, 1.54) is 7.11 Å². The first kappa shape index (κ1) is 12.6. The van der Waals surface area contributed by atoms with Crippen molar-refractivity contribution in [1.29, 1.82) is 0 Å². The van der Waals surface area contributed by atoms with Crippen LogP contribution in [0.5, 0.6) is 0 Å². The van der Waals surface area contributed by atoms with E-state index in [4.69, 9.17) is 14.4 Å². The second-order valence-electron chi connectivity index (χ2n) is 3.28. The van der Waals surface area contributed by atoms with Crippen LogP contribution in [0.2, 0.25) is 0 Å². The molecule has 0 aliphatic rings. The second-order valence-corrected chi connectivity index (χ2v) is 3.28. The van der Waals surface area contributed by atoms with Crippen molar-refractivity contribution in [2.75, 3.05) is 20.3 Å². The number of nitrogens with one attached hydrogen (secondary N) is 1. The molecule has 0 aromatic carbocycles. The molecule has 0 amide bonds. The van der Waals surface area contributed by atoms with Crippen LogP contribution in [0.25, 0.3) is 0 Å². The molecule has 1 aromatic heterocycles. The number of nitrogens with zero attached hydrogens (tertiary/aromatic N) is 2. The van der Waals surface area contributed by atoms with Gasteiger partial charge in [0.15, 0.2) is 5.82 Å². The van der Waals surface area contributed by atoms with Crippen LogP contribution in [0.15, 0.2) is 4.52 Å². The van der Waals surface area contributed by atoms with E-state index < -0.39 is 12.0 Å². The Bertz CT molecular complexity index is 339. The summed E-state index contributed by atoms with van der Waals surface area (Å²) in [4.78, 5) is 14.7. The van der Waals surface area contributed by atoms with Crippen molar-refractivity contribution in [1.82, 2.24) is 15.5 Å². The van der Waals surface area contributed by atoms with Gasteiger partial charge in [0.25, 0.3) is 0 Å². The number of hydrogen-bond acceptors (Lipinski definition) is 6. The highest BCUT2D eigenvalue weighted by molar-refractivity contribution is 5.73. The number of rotatable bonds is 7. The highest BCUT2D eigenvalue weighted by Gasteiger charge is 2.16. The van der Waals surface area contributed by atoms with Crippen molar-refractivity contribution in [3.63, 3.8) is 0 Å². The van der Waals surface area contributed by atoms with Gasteiger partial charge in [0, 0.05) is 27.0 Å². The maximum atomic E-state index is 10.7. The van der Waals surface area contributed by atoms with Gasteiger partial charge in [0.1, 0.15) is 6.04 Å². The lowest BCUT2D eigenvalue weighted by Gasteiger charge is -2.12. The number of methoxy groups -OCH3 is 1. The van der Waals surface area contributed by atoms with E-state index in [0.717, 1.165) is 0 Å². The Morgan fingerprint density at radius 3 is 2.94 bits per heavy atom. The largest absolute Gasteiger partial charge is 0.480 e. The van der Waals surface area contributed by atoms with Crippen LogP contribution in [0.1, 0.15) is 11.7 Å². The molecule has 90 valence electrons. The minimum Gasteiger partial charge on any atom is -0.480 e. The third kappa shape index (κ3) is 3.95. The zero-order chi connectivity index (χ0) is 12.0. The Labute approximate surface area is 92.8 Å². The molecular formula is C9H15N3O4. The average Bonchev–Trinajstić information content (AvgIpc) is 2.63. The van der Waals surface area contributed by atoms with Gasteiger partial charge in [-0.25, -0.2) is 0 Å². The molecule has 0 radical (unpaired) electrons. The molecule has 16 heavy (non-hydrogen) atoms. The number of aliphatic carboxylic acids is 1. The van der Waals surface area contributed by atoms with Gasteiger partial charge in [-0.1, -0.05) is 5.16 Å². The summed E-state index contributed by atoms with van der Waals surface area (Å²) < 4.78 is 9.57. The number of carbonyl (C=O) groups is 1. The van der Waals surface area contributed by atoms with Crippen molar-refractivity contribution in [3.8, 4) is 0 Å². The number of carboxylic acids is 1. The first-order valence-electron chi connectivity index (χ1n) is 4.87. The minimum atomic E-state index is -0.939. The number of ether oxygens (including phenoxy) is 1.